The quantitative estimate of drug-likeness (QED) is 0.164. The number of benzene rings is 6. The molecule has 4 heteroatoms. The summed E-state index contributed by atoms with van der Waals surface area (Å²) in [6, 6.07) is 45.4. The highest BCUT2D eigenvalue weighted by molar-refractivity contribution is 7.26. The first-order chi connectivity index (χ1) is 29.5. The van der Waals surface area contributed by atoms with Gasteiger partial charge in [-0.25, -0.2) is 0 Å². The smallest absolute Gasteiger partial charge is 0.254 e. The van der Waals surface area contributed by atoms with E-state index in [0.717, 1.165) is 6.42 Å². The first-order valence-corrected chi connectivity index (χ1v) is 24.2. The van der Waals surface area contributed by atoms with E-state index in [9.17, 15) is 0 Å². The Balaban J connectivity index is 1.40. The number of rotatable bonds is 3. The van der Waals surface area contributed by atoms with Gasteiger partial charge in [-0.15, -0.1) is 11.3 Å². The van der Waals surface area contributed by atoms with Gasteiger partial charge in [0.2, 0.25) is 0 Å². The molecule has 1 aromatic heterocycles. The van der Waals surface area contributed by atoms with E-state index in [1.807, 2.05) is 11.3 Å². The average Bonchev–Trinajstić information content (AvgIpc) is 3.59. The number of nitrogens with zero attached hydrogens (tertiary/aromatic N) is 2. The van der Waals surface area contributed by atoms with Crippen LogP contribution in [0.2, 0.25) is 0 Å². The predicted octanol–water partition coefficient (Wildman–Crippen LogP) is 15.2. The summed E-state index contributed by atoms with van der Waals surface area (Å²) in [7, 11) is 0. The third-order valence-electron chi connectivity index (χ3n) is 14.8. The summed E-state index contributed by atoms with van der Waals surface area (Å²) in [6.07, 6.45) is 2.31. The molecule has 2 nitrogen and oxygen atoms in total. The maximum absolute atomic E-state index is 2.77. The summed E-state index contributed by atoms with van der Waals surface area (Å²) in [6.45, 7) is 33.4. The van der Waals surface area contributed by atoms with E-state index in [1.165, 1.54) is 111 Å². The van der Waals surface area contributed by atoms with Crippen molar-refractivity contribution < 1.29 is 0 Å². The first kappa shape index (κ1) is 41.9. The van der Waals surface area contributed by atoms with Gasteiger partial charge >= 0.3 is 0 Å². The fraction of sp³-hybridized carbons (Fsp3) is 0.356. The number of anilines is 6. The summed E-state index contributed by atoms with van der Waals surface area (Å²) < 4.78 is 1.35. The summed E-state index contributed by atoms with van der Waals surface area (Å²) in [5, 5.41) is 2.72. The largest absolute Gasteiger partial charge is 0.310 e. The van der Waals surface area contributed by atoms with E-state index in [0.29, 0.717) is 0 Å². The molecule has 0 spiro atoms. The minimum atomic E-state index is -0.109. The van der Waals surface area contributed by atoms with E-state index >= 15 is 0 Å². The highest BCUT2D eigenvalue weighted by Gasteiger charge is 2.50. The normalized spacial score (nSPS) is 16.4. The van der Waals surface area contributed by atoms with E-state index in [4.69, 9.17) is 0 Å². The number of thiophene rings is 1. The van der Waals surface area contributed by atoms with Crippen LogP contribution in [0.15, 0.2) is 115 Å². The van der Waals surface area contributed by atoms with Gasteiger partial charge in [-0.3, -0.25) is 0 Å². The minimum absolute atomic E-state index is 0.0129. The van der Waals surface area contributed by atoms with Crippen molar-refractivity contribution in [1.29, 1.82) is 0 Å². The van der Waals surface area contributed by atoms with Gasteiger partial charge < -0.3 is 9.80 Å². The fourth-order valence-electron chi connectivity index (χ4n) is 10.9. The Hall–Kier alpha value is -5.06. The second kappa shape index (κ2) is 14.0. The lowest BCUT2D eigenvalue weighted by Crippen LogP contribution is -2.62. The zero-order valence-corrected chi connectivity index (χ0v) is 41.1. The second-order valence-corrected chi connectivity index (χ2v) is 24.5. The lowest BCUT2D eigenvalue weighted by Gasteiger charge is -2.49. The molecule has 0 bridgehead atoms. The van der Waals surface area contributed by atoms with Crippen molar-refractivity contribution in [3.8, 4) is 11.1 Å². The van der Waals surface area contributed by atoms with Crippen molar-refractivity contribution in [2.24, 2.45) is 0 Å². The topological polar surface area (TPSA) is 6.48 Å². The van der Waals surface area contributed by atoms with Gasteiger partial charge in [-0.1, -0.05) is 168 Å². The highest BCUT2D eigenvalue weighted by Crippen LogP contribution is 2.56. The molecule has 2 aliphatic heterocycles. The van der Waals surface area contributed by atoms with Crippen molar-refractivity contribution in [3.05, 3.63) is 149 Å². The molecule has 0 N–H and O–H groups in total. The van der Waals surface area contributed by atoms with Crippen molar-refractivity contribution in [1.82, 2.24) is 0 Å². The molecule has 7 aromatic rings. The zero-order chi connectivity index (χ0) is 44.8. The Bertz CT molecular complexity index is 2960. The van der Waals surface area contributed by atoms with Crippen LogP contribution >= 0.6 is 11.3 Å². The number of hydrogen-bond donors (Lipinski definition) is 0. The lowest BCUT2D eigenvalue weighted by molar-refractivity contribution is 0.333. The van der Waals surface area contributed by atoms with E-state index in [-0.39, 0.29) is 33.8 Å². The highest BCUT2D eigenvalue weighted by atomic mass is 32.1. The van der Waals surface area contributed by atoms with Gasteiger partial charge in [0.25, 0.3) is 6.71 Å². The Morgan fingerprint density at radius 1 is 0.556 bits per heavy atom. The van der Waals surface area contributed by atoms with Crippen LogP contribution in [0.3, 0.4) is 0 Å². The van der Waals surface area contributed by atoms with E-state index < -0.39 is 0 Å². The zero-order valence-electron chi connectivity index (χ0n) is 40.3. The summed E-state index contributed by atoms with van der Waals surface area (Å²) in [5.74, 6) is 0. The monoisotopic (exact) mass is 844 g/mol. The van der Waals surface area contributed by atoms with Crippen LogP contribution in [0.4, 0.5) is 33.4 Å². The molecule has 3 aliphatic rings. The standard InChI is InChI=1S/C59H65BN2S/c1-36-20-29-49-43(32-36)51-54(63-49)61(41-24-21-38(22-25-41)55(2,3)4)47-34-40(57(8,9)10)35-48-52(47)60(51)45-27-26-44-50(59(13,14)31-30-58(44,11)12)53(45)62(48)46-28-23-39(56(5,6)7)33-42(46)37-18-16-15-17-19-37/h15-29,32-35H,30-31H2,1-14H3. The summed E-state index contributed by atoms with van der Waals surface area (Å²) in [4.78, 5) is 5.41. The Labute approximate surface area is 382 Å². The van der Waals surface area contributed by atoms with Gasteiger partial charge in [0.1, 0.15) is 0 Å². The minimum Gasteiger partial charge on any atom is -0.310 e. The van der Waals surface area contributed by atoms with Crippen LogP contribution < -0.4 is 26.2 Å². The molecule has 0 atom stereocenters. The lowest BCUT2D eigenvalue weighted by atomic mass is 9.33. The molecule has 6 aromatic carbocycles. The van der Waals surface area contributed by atoms with Gasteiger partial charge in [0.05, 0.1) is 10.7 Å². The average molecular weight is 845 g/mol. The van der Waals surface area contributed by atoms with Crippen LogP contribution in [0.1, 0.15) is 136 Å². The predicted molar refractivity (Wildman–Crippen MR) is 277 cm³/mol. The molecule has 0 saturated heterocycles. The Morgan fingerprint density at radius 2 is 1.17 bits per heavy atom. The molecule has 0 saturated carbocycles. The molecular weight excluding hydrogens is 780 g/mol. The van der Waals surface area contributed by atoms with Crippen LogP contribution in [0.5, 0.6) is 0 Å². The molecule has 3 heterocycles. The molecule has 0 fully saturated rings. The van der Waals surface area contributed by atoms with E-state index in [2.05, 4.69) is 222 Å². The Morgan fingerprint density at radius 3 is 1.83 bits per heavy atom. The van der Waals surface area contributed by atoms with Crippen LogP contribution in [-0.2, 0) is 27.1 Å². The van der Waals surface area contributed by atoms with Gasteiger partial charge in [0.15, 0.2) is 0 Å². The maximum Gasteiger partial charge on any atom is 0.254 e. The first-order valence-electron chi connectivity index (χ1n) is 23.3. The SMILES string of the molecule is Cc1ccc2sc3c(c2c1)B1c2ccc4c(c2N(c2ccc(C(C)(C)C)cc2-c2ccccc2)c2cc(C(C)(C)C)cc(c21)N3c1ccc(C(C)(C)C)cc1)C(C)(C)CCC4(C)C. The molecule has 10 rings (SSSR count). The summed E-state index contributed by atoms with van der Waals surface area (Å²) >= 11 is 1.96. The number of hydrogen-bond acceptors (Lipinski definition) is 3. The third-order valence-corrected chi connectivity index (χ3v) is 16.0. The van der Waals surface area contributed by atoms with Crippen LogP contribution in [-0.4, -0.2) is 6.71 Å². The Kier molecular flexibility index (Phi) is 9.30. The second-order valence-electron chi connectivity index (χ2n) is 23.4. The molecule has 63 heavy (non-hydrogen) atoms. The molecule has 0 unspecified atom stereocenters. The van der Waals surface area contributed by atoms with Gasteiger partial charge in [-0.05, 0) is 144 Å². The van der Waals surface area contributed by atoms with Crippen molar-refractivity contribution in [3.63, 3.8) is 0 Å². The van der Waals surface area contributed by atoms with E-state index in [1.54, 1.807) is 0 Å². The molecule has 320 valence electrons. The van der Waals surface area contributed by atoms with Crippen LogP contribution in [0.25, 0.3) is 21.2 Å². The van der Waals surface area contributed by atoms with Gasteiger partial charge in [-0.2, -0.15) is 0 Å². The molecule has 0 radical (unpaired) electrons. The van der Waals surface area contributed by atoms with Crippen LogP contribution in [0, 0.1) is 6.92 Å². The number of fused-ring (bicyclic) bond motifs is 8. The fourth-order valence-corrected chi connectivity index (χ4v) is 12.2. The molecule has 1 aliphatic carbocycles. The van der Waals surface area contributed by atoms with Gasteiger partial charge in [0, 0.05) is 33.0 Å². The molecular formula is C59H65BN2S. The number of aryl methyl sites for hydroxylation is 1. The summed E-state index contributed by atoms with van der Waals surface area (Å²) in [5.41, 5.74) is 21.5. The maximum atomic E-state index is 2.77. The van der Waals surface area contributed by atoms with Crippen molar-refractivity contribution in [2.75, 3.05) is 9.80 Å². The van der Waals surface area contributed by atoms with Crippen molar-refractivity contribution in [2.45, 2.75) is 137 Å². The van der Waals surface area contributed by atoms with Crippen molar-refractivity contribution >= 4 is 78.0 Å². The molecule has 0 amide bonds. The third kappa shape index (κ3) is 6.64.